The van der Waals surface area contributed by atoms with Gasteiger partial charge in [-0.05, 0) is 18.4 Å². The lowest BCUT2D eigenvalue weighted by molar-refractivity contribution is -0.149. The Morgan fingerprint density at radius 1 is 1.28 bits per heavy atom. The maximum Gasteiger partial charge on any atom is 0.326 e. The van der Waals surface area contributed by atoms with E-state index in [9.17, 15) is 9.59 Å². The van der Waals surface area contributed by atoms with Crippen molar-refractivity contribution in [1.29, 1.82) is 0 Å². The molecular formula is C13H16N2O3. The third kappa shape index (κ3) is 2.22. The molecule has 1 aliphatic heterocycles. The van der Waals surface area contributed by atoms with Crippen LogP contribution in [0.5, 0.6) is 0 Å². The largest absolute Gasteiger partial charge is 0.480 e. The Morgan fingerprint density at radius 3 is 2.50 bits per heavy atom. The number of nitrogens with two attached hydrogens (primary N) is 1. The number of rotatable bonds is 3. The van der Waals surface area contributed by atoms with Gasteiger partial charge in [-0.25, -0.2) is 4.79 Å². The highest BCUT2D eigenvalue weighted by Crippen LogP contribution is 2.36. The number of hydrogen-bond donors (Lipinski definition) is 2. The maximum absolute atomic E-state index is 11.9. The lowest BCUT2D eigenvalue weighted by atomic mass is 10.0. The summed E-state index contributed by atoms with van der Waals surface area (Å²) in [6.07, 6.45) is 1.13. The second kappa shape index (κ2) is 5.18. The molecule has 1 aliphatic rings. The Balaban J connectivity index is 2.31. The first-order valence-electron chi connectivity index (χ1n) is 5.94. The van der Waals surface area contributed by atoms with Gasteiger partial charge in [-0.1, -0.05) is 30.3 Å². The first-order valence-corrected chi connectivity index (χ1v) is 5.94. The van der Waals surface area contributed by atoms with Crippen LogP contribution in [0.2, 0.25) is 0 Å². The standard InChI is InChI=1S/C13H16N2O3/c14-8-12(16)15-10(6-7-11(15)13(17)18)9-4-2-1-3-5-9/h1-5,10-11H,6-8,14H2,(H,17,18). The molecule has 1 aromatic rings. The van der Waals surface area contributed by atoms with Crippen molar-refractivity contribution in [2.24, 2.45) is 5.73 Å². The molecule has 5 nitrogen and oxygen atoms in total. The molecule has 3 N–H and O–H groups in total. The van der Waals surface area contributed by atoms with Crippen LogP contribution in [0.25, 0.3) is 0 Å². The molecule has 2 rings (SSSR count). The molecule has 0 saturated carbocycles. The van der Waals surface area contributed by atoms with E-state index in [4.69, 9.17) is 10.8 Å². The van der Waals surface area contributed by atoms with Gasteiger partial charge in [0.15, 0.2) is 0 Å². The highest BCUT2D eigenvalue weighted by Gasteiger charge is 2.40. The molecule has 18 heavy (non-hydrogen) atoms. The lowest BCUT2D eigenvalue weighted by Crippen LogP contribution is -2.44. The van der Waals surface area contributed by atoms with Gasteiger partial charge in [0.05, 0.1) is 12.6 Å². The fraction of sp³-hybridized carbons (Fsp3) is 0.385. The minimum atomic E-state index is -0.963. The van der Waals surface area contributed by atoms with E-state index >= 15 is 0 Å². The number of carboxylic acids is 1. The van der Waals surface area contributed by atoms with Crippen LogP contribution in [0.4, 0.5) is 0 Å². The monoisotopic (exact) mass is 248 g/mol. The minimum absolute atomic E-state index is 0.160. The Morgan fingerprint density at radius 2 is 1.94 bits per heavy atom. The summed E-state index contributed by atoms with van der Waals surface area (Å²) in [5.74, 6) is -1.27. The van der Waals surface area contributed by atoms with E-state index in [1.807, 2.05) is 30.3 Å². The number of benzene rings is 1. The van der Waals surface area contributed by atoms with Gasteiger partial charge in [-0.2, -0.15) is 0 Å². The summed E-state index contributed by atoms with van der Waals surface area (Å²) < 4.78 is 0. The fourth-order valence-electron chi connectivity index (χ4n) is 2.51. The number of likely N-dealkylation sites (tertiary alicyclic amines) is 1. The van der Waals surface area contributed by atoms with Crippen LogP contribution in [0.1, 0.15) is 24.4 Å². The van der Waals surface area contributed by atoms with Crippen LogP contribution in [-0.2, 0) is 9.59 Å². The van der Waals surface area contributed by atoms with E-state index in [-0.39, 0.29) is 18.5 Å². The van der Waals surface area contributed by atoms with Gasteiger partial charge in [0.1, 0.15) is 6.04 Å². The van der Waals surface area contributed by atoms with Crippen LogP contribution in [0.3, 0.4) is 0 Å². The molecule has 1 heterocycles. The average molecular weight is 248 g/mol. The van der Waals surface area contributed by atoms with Crippen molar-refractivity contribution in [3.63, 3.8) is 0 Å². The van der Waals surface area contributed by atoms with E-state index in [1.165, 1.54) is 4.90 Å². The summed E-state index contributed by atoms with van der Waals surface area (Å²) in [5, 5.41) is 9.16. The number of amides is 1. The van der Waals surface area contributed by atoms with E-state index in [2.05, 4.69) is 0 Å². The molecule has 5 heteroatoms. The molecule has 1 amide bonds. The van der Waals surface area contributed by atoms with Crippen molar-refractivity contribution < 1.29 is 14.7 Å². The van der Waals surface area contributed by atoms with Crippen LogP contribution in [0.15, 0.2) is 30.3 Å². The summed E-state index contributed by atoms with van der Waals surface area (Å²) in [6, 6.07) is 8.54. The average Bonchev–Trinajstić information content (AvgIpc) is 2.83. The first-order chi connectivity index (χ1) is 8.65. The molecule has 96 valence electrons. The van der Waals surface area contributed by atoms with Gasteiger partial charge >= 0.3 is 5.97 Å². The SMILES string of the molecule is NCC(=O)N1C(C(=O)O)CCC1c1ccccc1. The second-order valence-corrected chi connectivity index (χ2v) is 4.36. The summed E-state index contributed by atoms with van der Waals surface area (Å²) in [6.45, 7) is -0.160. The molecule has 0 spiro atoms. The highest BCUT2D eigenvalue weighted by molar-refractivity contribution is 5.85. The molecule has 2 unspecified atom stereocenters. The first kappa shape index (κ1) is 12.6. The second-order valence-electron chi connectivity index (χ2n) is 4.36. The number of carbonyl (C=O) groups excluding carboxylic acids is 1. The molecule has 1 fully saturated rings. The number of nitrogens with zero attached hydrogens (tertiary/aromatic N) is 1. The quantitative estimate of drug-likeness (QED) is 0.827. The van der Waals surface area contributed by atoms with Gasteiger partial charge in [0, 0.05) is 0 Å². The Labute approximate surface area is 105 Å². The van der Waals surface area contributed by atoms with Gasteiger partial charge in [-0.15, -0.1) is 0 Å². The van der Waals surface area contributed by atoms with Crippen LogP contribution in [-0.4, -0.2) is 34.5 Å². The summed E-state index contributed by atoms with van der Waals surface area (Å²) in [4.78, 5) is 24.4. The maximum atomic E-state index is 11.9. The summed E-state index contributed by atoms with van der Waals surface area (Å²) in [7, 11) is 0. The molecule has 1 saturated heterocycles. The molecule has 0 aromatic heterocycles. The molecule has 1 aromatic carbocycles. The number of hydrogen-bond acceptors (Lipinski definition) is 3. The number of aliphatic carboxylic acids is 1. The predicted molar refractivity (Wildman–Crippen MR) is 65.7 cm³/mol. The number of carboxylic acid groups (broad SMARTS) is 1. The summed E-state index contributed by atoms with van der Waals surface area (Å²) >= 11 is 0. The Bertz CT molecular complexity index is 447. The fourth-order valence-corrected chi connectivity index (χ4v) is 2.51. The zero-order valence-electron chi connectivity index (χ0n) is 9.95. The van der Waals surface area contributed by atoms with Gasteiger partial charge < -0.3 is 15.7 Å². The van der Waals surface area contributed by atoms with Crippen LogP contribution < -0.4 is 5.73 Å². The van der Waals surface area contributed by atoms with Crippen molar-refractivity contribution in [2.45, 2.75) is 24.9 Å². The van der Waals surface area contributed by atoms with Gasteiger partial charge in [0.2, 0.25) is 5.91 Å². The normalized spacial score (nSPS) is 23.1. The third-order valence-corrected chi connectivity index (χ3v) is 3.32. The summed E-state index contributed by atoms with van der Waals surface area (Å²) in [5.41, 5.74) is 6.33. The number of carbonyl (C=O) groups is 2. The molecule has 0 aliphatic carbocycles. The van der Waals surface area contributed by atoms with E-state index < -0.39 is 12.0 Å². The molecule has 0 bridgehead atoms. The zero-order chi connectivity index (χ0) is 13.1. The minimum Gasteiger partial charge on any atom is -0.480 e. The Hall–Kier alpha value is -1.88. The predicted octanol–water partition coefficient (Wildman–Crippen LogP) is 0.762. The molecule has 2 atom stereocenters. The van der Waals surface area contributed by atoms with Crippen LogP contribution in [0, 0.1) is 0 Å². The van der Waals surface area contributed by atoms with Crippen molar-refractivity contribution in [3.8, 4) is 0 Å². The zero-order valence-corrected chi connectivity index (χ0v) is 9.95. The third-order valence-electron chi connectivity index (χ3n) is 3.32. The van der Waals surface area contributed by atoms with E-state index in [1.54, 1.807) is 0 Å². The topological polar surface area (TPSA) is 83.6 Å². The van der Waals surface area contributed by atoms with Crippen molar-refractivity contribution in [1.82, 2.24) is 4.90 Å². The van der Waals surface area contributed by atoms with Gasteiger partial charge in [0.25, 0.3) is 0 Å². The highest BCUT2D eigenvalue weighted by atomic mass is 16.4. The van der Waals surface area contributed by atoms with Crippen molar-refractivity contribution in [3.05, 3.63) is 35.9 Å². The van der Waals surface area contributed by atoms with Crippen molar-refractivity contribution in [2.75, 3.05) is 6.54 Å². The van der Waals surface area contributed by atoms with Crippen LogP contribution >= 0.6 is 0 Å². The van der Waals surface area contributed by atoms with Gasteiger partial charge in [-0.3, -0.25) is 4.79 Å². The smallest absolute Gasteiger partial charge is 0.326 e. The molecular weight excluding hydrogens is 232 g/mol. The van der Waals surface area contributed by atoms with E-state index in [0.29, 0.717) is 12.8 Å². The Kier molecular flexibility index (Phi) is 3.62. The van der Waals surface area contributed by atoms with E-state index in [0.717, 1.165) is 5.56 Å². The molecule has 0 radical (unpaired) electrons. The van der Waals surface area contributed by atoms with Crippen molar-refractivity contribution >= 4 is 11.9 Å². The lowest BCUT2D eigenvalue weighted by Gasteiger charge is -2.28.